The van der Waals surface area contributed by atoms with Crippen molar-refractivity contribution in [1.82, 2.24) is 0 Å². The van der Waals surface area contributed by atoms with Crippen molar-refractivity contribution < 1.29 is 8.83 Å². The lowest BCUT2D eigenvalue weighted by Gasteiger charge is -2.27. The Kier molecular flexibility index (Phi) is 9.19. The summed E-state index contributed by atoms with van der Waals surface area (Å²) in [4.78, 5) is 4.51. The summed E-state index contributed by atoms with van der Waals surface area (Å²) in [6.45, 7) is 8.82. The zero-order valence-electron chi connectivity index (χ0n) is 35.9. The molecule has 0 saturated carbocycles. The summed E-state index contributed by atoms with van der Waals surface area (Å²) in [6, 6.07) is 63.2. The van der Waals surface area contributed by atoms with Crippen LogP contribution in [-0.4, -0.2) is 0 Å². The Balaban J connectivity index is 1.13. The minimum atomic E-state index is 0.402. The number of hydrogen-bond donors (Lipinski definition) is 0. The van der Waals surface area contributed by atoms with Crippen molar-refractivity contribution in [2.45, 2.75) is 39.5 Å². The third kappa shape index (κ3) is 6.31. The van der Waals surface area contributed by atoms with Gasteiger partial charge in [0.1, 0.15) is 22.3 Å². The lowest BCUT2D eigenvalue weighted by Crippen LogP contribution is -2.10. The Morgan fingerprint density at radius 3 is 1.06 bits per heavy atom. The first-order chi connectivity index (χ1) is 31.3. The van der Waals surface area contributed by atoms with Crippen LogP contribution < -0.4 is 9.80 Å². The zero-order valence-corrected chi connectivity index (χ0v) is 35.9. The molecule has 0 aliphatic rings. The van der Waals surface area contributed by atoms with Gasteiger partial charge in [-0.2, -0.15) is 10.5 Å². The molecule has 2 aromatic heterocycles. The number of anilines is 6. The maximum atomic E-state index is 9.64. The Morgan fingerprint density at radius 1 is 0.375 bits per heavy atom. The van der Waals surface area contributed by atoms with E-state index >= 15 is 0 Å². The molecule has 64 heavy (non-hydrogen) atoms. The summed E-state index contributed by atoms with van der Waals surface area (Å²) in [5, 5.41) is 27.7. The highest BCUT2D eigenvalue weighted by molar-refractivity contribution is 6.28. The standard InChI is InChI=1S/C58H42N4O2/c1-35(2)39-17-25-43(26-18-39)61(41-21-13-37(33-59)14-22-41)51-30-55-57(47-11-7-5-9-45(47)51)49-29-50-54(32-53(49)63-55)64-56-31-52(46-10-6-8-12-48(46)58(50)56)62(42-23-15-38(34-60)16-24-42)44-27-19-40(20-28-44)36(3)4/h5-32,35-36H,1-4H3. The van der Waals surface area contributed by atoms with Crippen LogP contribution in [-0.2, 0) is 0 Å². The van der Waals surface area contributed by atoms with Crippen molar-refractivity contribution in [3.8, 4) is 12.1 Å². The van der Waals surface area contributed by atoms with E-state index < -0.39 is 0 Å². The first-order valence-electron chi connectivity index (χ1n) is 21.7. The van der Waals surface area contributed by atoms with E-state index in [4.69, 9.17) is 8.83 Å². The van der Waals surface area contributed by atoms with E-state index in [-0.39, 0.29) is 0 Å². The maximum absolute atomic E-state index is 9.64. The molecule has 0 saturated heterocycles. The van der Waals surface area contributed by atoms with E-state index in [1.165, 1.54) is 11.1 Å². The minimum Gasteiger partial charge on any atom is -0.456 e. The van der Waals surface area contributed by atoms with Crippen molar-refractivity contribution in [3.05, 3.63) is 192 Å². The lowest BCUT2D eigenvalue weighted by atomic mass is 9.98. The van der Waals surface area contributed by atoms with Gasteiger partial charge in [0.25, 0.3) is 0 Å². The van der Waals surface area contributed by atoms with Crippen LogP contribution in [0.4, 0.5) is 34.1 Å². The van der Waals surface area contributed by atoms with Crippen molar-refractivity contribution in [1.29, 1.82) is 10.5 Å². The van der Waals surface area contributed by atoms with Crippen LogP contribution in [0.2, 0.25) is 0 Å². The van der Waals surface area contributed by atoms with Crippen molar-refractivity contribution in [2.75, 3.05) is 9.80 Å². The molecule has 2 heterocycles. The number of nitriles is 2. The summed E-state index contributed by atoms with van der Waals surface area (Å²) < 4.78 is 13.7. The maximum Gasteiger partial charge on any atom is 0.139 e. The Bertz CT molecular complexity index is 3430. The van der Waals surface area contributed by atoms with E-state index in [2.05, 4.69) is 165 Å². The molecule has 0 amide bonds. The molecule has 6 heteroatoms. The molecule has 0 aliphatic carbocycles. The number of benzene rings is 9. The molecule has 306 valence electrons. The zero-order chi connectivity index (χ0) is 43.6. The van der Waals surface area contributed by atoms with Gasteiger partial charge in [-0.05, 0) is 113 Å². The Hall–Kier alpha value is -8.32. The summed E-state index contributed by atoms with van der Waals surface area (Å²) >= 11 is 0. The molecule has 0 aliphatic heterocycles. The van der Waals surface area contributed by atoms with Crippen molar-refractivity contribution in [3.63, 3.8) is 0 Å². The van der Waals surface area contributed by atoms with Crippen molar-refractivity contribution in [2.24, 2.45) is 0 Å². The monoisotopic (exact) mass is 826 g/mol. The van der Waals surface area contributed by atoms with Gasteiger partial charge in [-0.15, -0.1) is 0 Å². The number of nitrogens with zero attached hydrogens (tertiary/aromatic N) is 4. The van der Waals surface area contributed by atoms with Gasteiger partial charge < -0.3 is 18.6 Å². The molecule has 0 unspecified atom stereocenters. The molecular weight excluding hydrogens is 785 g/mol. The van der Waals surface area contributed by atoms with E-state index in [1.54, 1.807) is 0 Å². The summed E-state index contributed by atoms with van der Waals surface area (Å²) in [6.07, 6.45) is 0. The van der Waals surface area contributed by atoms with Crippen LogP contribution in [0.1, 0.15) is 61.8 Å². The predicted molar refractivity (Wildman–Crippen MR) is 263 cm³/mol. The van der Waals surface area contributed by atoms with E-state index in [1.807, 2.05) is 54.6 Å². The largest absolute Gasteiger partial charge is 0.456 e. The van der Waals surface area contributed by atoms with E-state index in [0.717, 1.165) is 99.5 Å². The van der Waals surface area contributed by atoms with E-state index in [9.17, 15) is 10.5 Å². The molecule has 0 spiro atoms. The third-order valence-corrected chi connectivity index (χ3v) is 12.7. The quantitative estimate of drug-likeness (QED) is 0.152. The Morgan fingerprint density at radius 2 is 0.719 bits per heavy atom. The molecule has 0 fully saturated rings. The SMILES string of the molecule is CC(C)c1ccc(N(c2ccc(C#N)cc2)c2cc3oc4cc5oc6cc(N(c7ccc(C#N)cc7)c7ccc(C(C)C)cc7)c7ccccc7c6c5cc4c3c3ccccc23)cc1. The molecule has 11 rings (SSSR count). The van der Waals surface area contributed by atoms with Crippen LogP contribution in [0, 0.1) is 22.7 Å². The highest BCUT2D eigenvalue weighted by Gasteiger charge is 2.24. The van der Waals surface area contributed by atoms with Gasteiger partial charge in [0, 0.05) is 73.3 Å². The average Bonchev–Trinajstić information content (AvgIpc) is 3.88. The van der Waals surface area contributed by atoms with Gasteiger partial charge in [0.05, 0.1) is 34.6 Å². The van der Waals surface area contributed by atoms with Crippen LogP contribution in [0.5, 0.6) is 0 Å². The molecule has 11 aromatic rings. The summed E-state index contributed by atoms with van der Waals surface area (Å²) in [7, 11) is 0. The molecule has 0 bridgehead atoms. The number of furan rings is 2. The molecule has 9 aromatic carbocycles. The molecule has 6 nitrogen and oxygen atoms in total. The topological polar surface area (TPSA) is 80.3 Å². The minimum absolute atomic E-state index is 0.402. The number of hydrogen-bond acceptors (Lipinski definition) is 6. The molecule has 0 radical (unpaired) electrons. The van der Waals surface area contributed by atoms with Crippen LogP contribution >= 0.6 is 0 Å². The fraction of sp³-hybridized carbons (Fsp3) is 0.103. The second-order valence-electron chi connectivity index (χ2n) is 17.2. The number of rotatable bonds is 8. The van der Waals surface area contributed by atoms with Crippen molar-refractivity contribution >= 4 is 99.5 Å². The molecule has 0 N–H and O–H groups in total. The Labute approximate surface area is 371 Å². The smallest absolute Gasteiger partial charge is 0.139 e. The highest BCUT2D eigenvalue weighted by atomic mass is 16.3. The number of fused-ring (bicyclic) bond motifs is 10. The van der Waals surface area contributed by atoms with Crippen LogP contribution in [0.15, 0.2) is 179 Å². The lowest BCUT2D eigenvalue weighted by molar-refractivity contribution is 0.656. The average molecular weight is 827 g/mol. The first-order valence-corrected chi connectivity index (χ1v) is 21.7. The summed E-state index contributed by atoms with van der Waals surface area (Å²) in [5.74, 6) is 0.803. The third-order valence-electron chi connectivity index (χ3n) is 12.7. The van der Waals surface area contributed by atoms with Gasteiger partial charge >= 0.3 is 0 Å². The van der Waals surface area contributed by atoms with Gasteiger partial charge in [-0.1, -0.05) is 100 Å². The molecule has 0 atom stereocenters. The van der Waals surface area contributed by atoms with Gasteiger partial charge in [0.2, 0.25) is 0 Å². The second kappa shape index (κ2) is 15.2. The van der Waals surface area contributed by atoms with Gasteiger partial charge in [0.15, 0.2) is 0 Å². The normalized spacial score (nSPS) is 11.7. The van der Waals surface area contributed by atoms with Gasteiger partial charge in [-0.25, -0.2) is 0 Å². The fourth-order valence-electron chi connectivity index (χ4n) is 9.35. The predicted octanol–water partition coefficient (Wildman–Crippen LogP) is 16.7. The fourth-order valence-corrected chi connectivity index (χ4v) is 9.35. The first kappa shape index (κ1) is 38.6. The van der Waals surface area contributed by atoms with E-state index in [0.29, 0.717) is 23.0 Å². The molecular formula is C58H42N4O2. The van der Waals surface area contributed by atoms with Gasteiger partial charge in [-0.3, -0.25) is 0 Å². The highest BCUT2D eigenvalue weighted by Crippen LogP contribution is 2.49. The van der Waals surface area contributed by atoms with Crippen LogP contribution in [0.3, 0.4) is 0 Å². The summed E-state index contributed by atoms with van der Waals surface area (Å²) in [5.41, 5.74) is 12.6. The van der Waals surface area contributed by atoms with Crippen LogP contribution in [0.25, 0.3) is 65.4 Å². The second-order valence-corrected chi connectivity index (χ2v) is 17.2.